The molecule has 1 aliphatic rings. The van der Waals surface area contributed by atoms with Gasteiger partial charge in [0.1, 0.15) is 0 Å². The van der Waals surface area contributed by atoms with E-state index in [0.717, 1.165) is 5.46 Å². The van der Waals surface area contributed by atoms with Gasteiger partial charge in [-0.3, -0.25) is 0 Å². The molecule has 188 valence electrons. The predicted molar refractivity (Wildman–Crippen MR) is 164 cm³/mol. The fourth-order valence-corrected chi connectivity index (χ4v) is 7.67. The quantitative estimate of drug-likeness (QED) is 0.195. The third-order valence-electron chi connectivity index (χ3n) is 7.91. The fraction of sp³-hybridized carbons (Fsp3) is 0.176. The molecule has 0 unspecified atom stereocenters. The maximum Gasteiger partial charge on any atom is 0.495 e. The van der Waals surface area contributed by atoms with Gasteiger partial charge in [-0.1, -0.05) is 121 Å². The summed E-state index contributed by atoms with van der Waals surface area (Å²) in [5.41, 5.74) is 2.66. The van der Waals surface area contributed by atoms with Crippen molar-refractivity contribution in [3.8, 4) is 11.1 Å². The van der Waals surface area contributed by atoms with Gasteiger partial charge in [-0.2, -0.15) is 0 Å². The van der Waals surface area contributed by atoms with Crippen LogP contribution in [0.3, 0.4) is 0 Å². The zero-order valence-electron chi connectivity index (χ0n) is 22.4. The summed E-state index contributed by atoms with van der Waals surface area (Å²) in [6, 6.07) is 43.7. The summed E-state index contributed by atoms with van der Waals surface area (Å²) < 4.78 is 13.2. The van der Waals surface area contributed by atoms with Gasteiger partial charge in [-0.05, 0) is 78.9 Å². The molecule has 1 aliphatic heterocycles. The van der Waals surface area contributed by atoms with Crippen molar-refractivity contribution in [1.29, 1.82) is 0 Å². The number of rotatable bonds is 5. The lowest BCUT2D eigenvalue weighted by Gasteiger charge is -2.32. The fourth-order valence-electron chi connectivity index (χ4n) is 5.22. The Bertz CT molecular complexity index is 1530. The van der Waals surface area contributed by atoms with E-state index in [9.17, 15) is 0 Å². The van der Waals surface area contributed by atoms with E-state index in [1.54, 1.807) is 0 Å². The van der Waals surface area contributed by atoms with E-state index in [2.05, 4.69) is 149 Å². The van der Waals surface area contributed by atoms with Crippen LogP contribution in [0.25, 0.3) is 21.9 Å². The van der Waals surface area contributed by atoms with Crippen molar-refractivity contribution < 1.29 is 9.31 Å². The minimum Gasteiger partial charge on any atom is -0.399 e. The lowest BCUT2D eigenvalue weighted by atomic mass is 9.73. The molecule has 0 amide bonds. The van der Waals surface area contributed by atoms with Crippen molar-refractivity contribution in [2.75, 3.05) is 0 Å². The van der Waals surface area contributed by atoms with E-state index in [4.69, 9.17) is 9.31 Å². The van der Waals surface area contributed by atoms with Gasteiger partial charge in [0, 0.05) is 0 Å². The van der Waals surface area contributed by atoms with Gasteiger partial charge in [0.2, 0.25) is 0 Å². The minimum absolute atomic E-state index is 0.416. The highest BCUT2D eigenvalue weighted by atomic mass is 31.1. The van der Waals surface area contributed by atoms with Crippen molar-refractivity contribution in [2.24, 2.45) is 0 Å². The van der Waals surface area contributed by atoms with Crippen LogP contribution in [0.4, 0.5) is 0 Å². The second kappa shape index (κ2) is 9.82. The van der Waals surface area contributed by atoms with Gasteiger partial charge >= 0.3 is 7.12 Å². The van der Waals surface area contributed by atoms with Gasteiger partial charge in [-0.25, -0.2) is 0 Å². The minimum atomic E-state index is -0.790. The molecular weight excluding hydrogens is 482 g/mol. The Hall–Kier alpha value is -3.23. The third kappa shape index (κ3) is 4.39. The summed E-state index contributed by atoms with van der Waals surface area (Å²) in [5, 5.41) is 6.41. The molecule has 6 rings (SSSR count). The maximum absolute atomic E-state index is 6.61. The molecule has 1 heterocycles. The molecule has 2 nitrogen and oxygen atoms in total. The lowest BCUT2D eigenvalue weighted by Crippen LogP contribution is -2.41. The van der Waals surface area contributed by atoms with Crippen LogP contribution in [0, 0.1) is 0 Å². The van der Waals surface area contributed by atoms with Crippen LogP contribution in [0.5, 0.6) is 0 Å². The Morgan fingerprint density at radius 3 is 1.71 bits per heavy atom. The molecule has 0 saturated carbocycles. The number of hydrogen-bond donors (Lipinski definition) is 0. The van der Waals surface area contributed by atoms with Gasteiger partial charge in [-0.15, -0.1) is 0 Å². The van der Waals surface area contributed by atoms with E-state index in [0.29, 0.717) is 0 Å². The molecule has 5 aromatic carbocycles. The summed E-state index contributed by atoms with van der Waals surface area (Å²) >= 11 is 0. The molecule has 0 aromatic heterocycles. The standard InChI is InChI=1S/C34H32BO2P/c1-33(2)34(3,4)37-35(36-33)30-24-23-25-15-11-12-20-28(25)32(30)29-21-13-14-22-31(29)38(26-16-7-5-8-17-26)27-18-9-6-10-19-27/h5-24H,1-4H3. The third-order valence-corrected chi connectivity index (χ3v) is 10.4. The molecule has 0 radical (unpaired) electrons. The van der Waals surface area contributed by atoms with E-state index < -0.39 is 26.2 Å². The summed E-state index contributed by atoms with van der Waals surface area (Å²) in [7, 11) is -1.24. The van der Waals surface area contributed by atoms with Crippen molar-refractivity contribution in [1.82, 2.24) is 0 Å². The number of fused-ring (bicyclic) bond motifs is 1. The predicted octanol–water partition coefficient (Wildman–Crippen LogP) is 6.56. The van der Waals surface area contributed by atoms with Gasteiger partial charge in [0.05, 0.1) is 11.2 Å². The first kappa shape index (κ1) is 25.1. The Labute approximate surface area is 227 Å². The van der Waals surface area contributed by atoms with Crippen LogP contribution in [-0.4, -0.2) is 18.3 Å². The summed E-state index contributed by atoms with van der Waals surface area (Å²) in [4.78, 5) is 0. The zero-order chi connectivity index (χ0) is 26.3. The van der Waals surface area contributed by atoms with Crippen LogP contribution in [0.1, 0.15) is 27.7 Å². The smallest absolute Gasteiger partial charge is 0.399 e. The Kier molecular flexibility index (Phi) is 6.48. The molecule has 0 spiro atoms. The van der Waals surface area contributed by atoms with Crippen molar-refractivity contribution in [3.63, 3.8) is 0 Å². The lowest BCUT2D eigenvalue weighted by molar-refractivity contribution is 0.00578. The SMILES string of the molecule is CC1(C)OB(c2ccc3ccccc3c2-c2ccccc2P(c2ccccc2)c2ccccc2)OC1(C)C. The van der Waals surface area contributed by atoms with Crippen LogP contribution in [-0.2, 0) is 9.31 Å². The van der Waals surface area contributed by atoms with Gasteiger partial charge < -0.3 is 9.31 Å². The highest BCUT2D eigenvalue weighted by Crippen LogP contribution is 2.41. The first-order chi connectivity index (χ1) is 18.4. The second-order valence-corrected chi connectivity index (χ2v) is 13.0. The summed E-state index contributed by atoms with van der Waals surface area (Å²) in [6.45, 7) is 8.47. The molecule has 0 aliphatic carbocycles. The molecule has 0 bridgehead atoms. The van der Waals surface area contributed by atoms with E-state index in [1.165, 1.54) is 37.8 Å². The molecule has 1 fully saturated rings. The normalized spacial score (nSPS) is 16.3. The topological polar surface area (TPSA) is 18.5 Å². The van der Waals surface area contributed by atoms with E-state index in [1.807, 2.05) is 0 Å². The van der Waals surface area contributed by atoms with Crippen molar-refractivity contribution >= 4 is 47.2 Å². The van der Waals surface area contributed by atoms with E-state index >= 15 is 0 Å². The van der Waals surface area contributed by atoms with Crippen LogP contribution in [0.15, 0.2) is 121 Å². The highest BCUT2D eigenvalue weighted by Gasteiger charge is 2.52. The Balaban J connectivity index is 1.62. The van der Waals surface area contributed by atoms with Crippen LogP contribution in [0.2, 0.25) is 0 Å². The Morgan fingerprint density at radius 1 is 0.553 bits per heavy atom. The molecule has 0 atom stereocenters. The largest absolute Gasteiger partial charge is 0.495 e. The summed E-state index contributed by atoms with van der Waals surface area (Å²) in [5.74, 6) is 0. The zero-order valence-corrected chi connectivity index (χ0v) is 23.3. The second-order valence-electron chi connectivity index (χ2n) is 10.9. The monoisotopic (exact) mass is 514 g/mol. The van der Waals surface area contributed by atoms with Gasteiger partial charge in [0.15, 0.2) is 0 Å². The average molecular weight is 514 g/mol. The highest BCUT2D eigenvalue weighted by molar-refractivity contribution is 7.80. The molecule has 38 heavy (non-hydrogen) atoms. The Morgan fingerprint density at radius 2 is 1.08 bits per heavy atom. The van der Waals surface area contributed by atoms with Gasteiger partial charge in [0.25, 0.3) is 0 Å². The summed E-state index contributed by atoms with van der Waals surface area (Å²) in [6.07, 6.45) is 0. The van der Waals surface area contributed by atoms with Crippen molar-refractivity contribution in [2.45, 2.75) is 38.9 Å². The molecule has 5 aromatic rings. The number of hydrogen-bond acceptors (Lipinski definition) is 2. The average Bonchev–Trinajstić information content (AvgIpc) is 3.16. The molecular formula is C34H32BO2P. The van der Waals surface area contributed by atoms with E-state index in [-0.39, 0.29) is 0 Å². The first-order valence-electron chi connectivity index (χ1n) is 13.2. The molecule has 1 saturated heterocycles. The van der Waals surface area contributed by atoms with Crippen molar-refractivity contribution in [3.05, 3.63) is 121 Å². The number of benzene rings is 5. The van der Waals surface area contributed by atoms with Crippen LogP contribution < -0.4 is 21.4 Å². The first-order valence-corrected chi connectivity index (χ1v) is 14.6. The molecule has 0 N–H and O–H groups in total. The van der Waals surface area contributed by atoms with Crippen LogP contribution >= 0.6 is 7.92 Å². The molecule has 4 heteroatoms. The maximum atomic E-state index is 6.61.